The zero-order chi connectivity index (χ0) is 9.80. The fourth-order valence-corrected chi connectivity index (χ4v) is 2.40. The number of nitrogens with zero attached hydrogens (tertiary/aromatic N) is 2. The van der Waals surface area contributed by atoms with Gasteiger partial charge in [-0.3, -0.25) is 0 Å². The number of hydrogen-bond donors (Lipinski definition) is 1. The molecule has 0 bridgehead atoms. The number of thiophene rings is 1. The Morgan fingerprint density at radius 2 is 2.36 bits per heavy atom. The molecule has 0 aromatic carbocycles. The van der Waals surface area contributed by atoms with Crippen LogP contribution < -0.4 is 5.32 Å². The first kappa shape index (κ1) is 9.76. The molecule has 1 N–H and O–H groups in total. The van der Waals surface area contributed by atoms with Gasteiger partial charge in [0.25, 0.3) is 0 Å². The van der Waals surface area contributed by atoms with Crippen molar-refractivity contribution in [2.45, 2.75) is 20.0 Å². The fraction of sp³-hybridized carbons (Fsp3) is 0.333. The van der Waals surface area contributed by atoms with Crippen LogP contribution in [-0.2, 0) is 13.1 Å². The van der Waals surface area contributed by atoms with E-state index < -0.39 is 0 Å². The Labute approximate surface area is 91.0 Å². The van der Waals surface area contributed by atoms with E-state index in [9.17, 15) is 0 Å². The van der Waals surface area contributed by atoms with Crippen LogP contribution in [0.3, 0.4) is 0 Å². The van der Waals surface area contributed by atoms with Gasteiger partial charge in [-0.2, -0.15) is 0 Å². The summed E-state index contributed by atoms with van der Waals surface area (Å²) in [5, 5.41) is 9.43. The lowest BCUT2D eigenvalue weighted by Gasteiger charge is -1.99. The van der Waals surface area contributed by atoms with Crippen LogP contribution in [0.2, 0.25) is 0 Å². The minimum Gasteiger partial charge on any atom is -0.307 e. The van der Waals surface area contributed by atoms with Crippen LogP contribution in [0.25, 0.3) is 0 Å². The van der Waals surface area contributed by atoms with E-state index in [2.05, 4.69) is 32.4 Å². The summed E-state index contributed by atoms with van der Waals surface area (Å²) in [4.78, 5) is 2.58. The lowest BCUT2D eigenvalue weighted by molar-refractivity contribution is 0.704. The van der Waals surface area contributed by atoms with Gasteiger partial charge in [0.15, 0.2) is 0 Å². The average Bonchev–Trinajstić information content (AvgIpc) is 2.78. The third kappa shape index (κ3) is 2.37. The Bertz CT molecular complexity index is 380. The van der Waals surface area contributed by atoms with Gasteiger partial charge in [-0.05, 0) is 29.9 Å². The lowest BCUT2D eigenvalue weighted by atomic mass is 10.4. The van der Waals surface area contributed by atoms with Crippen molar-refractivity contribution < 1.29 is 0 Å². The van der Waals surface area contributed by atoms with Crippen molar-refractivity contribution in [2.75, 3.05) is 0 Å². The van der Waals surface area contributed by atoms with Gasteiger partial charge in [-0.25, -0.2) is 0 Å². The summed E-state index contributed by atoms with van der Waals surface area (Å²) in [7, 11) is 0. The van der Waals surface area contributed by atoms with Crippen LogP contribution in [0.1, 0.15) is 15.4 Å². The molecule has 0 spiro atoms. The highest BCUT2D eigenvalue weighted by Gasteiger charge is 2.01. The summed E-state index contributed by atoms with van der Waals surface area (Å²) in [6.07, 6.45) is 0. The van der Waals surface area contributed by atoms with Crippen molar-refractivity contribution in [3.8, 4) is 0 Å². The second-order valence-corrected chi connectivity index (χ2v) is 4.84. The molecule has 0 aliphatic carbocycles. The average molecular weight is 225 g/mol. The maximum Gasteiger partial charge on any atom is 0.0769 e. The number of aromatic nitrogens is 2. The maximum absolute atomic E-state index is 3.96. The monoisotopic (exact) mass is 225 g/mol. The molecule has 0 saturated heterocycles. The molecular weight excluding hydrogens is 214 g/mol. The van der Waals surface area contributed by atoms with Crippen molar-refractivity contribution in [3.05, 3.63) is 33.0 Å². The van der Waals surface area contributed by atoms with E-state index in [1.165, 1.54) is 21.3 Å². The molecule has 0 saturated carbocycles. The molecule has 0 amide bonds. The third-order valence-electron chi connectivity index (χ3n) is 1.91. The van der Waals surface area contributed by atoms with E-state index in [0.717, 1.165) is 18.8 Å². The highest BCUT2D eigenvalue weighted by atomic mass is 32.1. The largest absolute Gasteiger partial charge is 0.307 e. The summed E-state index contributed by atoms with van der Waals surface area (Å²) in [6, 6.07) is 4.20. The van der Waals surface area contributed by atoms with Gasteiger partial charge in [-0.1, -0.05) is 10.6 Å². The summed E-state index contributed by atoms with van der Waals surface area (Å²) >= 11 is 3.24. The zero-order valence-electron chi connectivity index (χ0n) is 7.86. The topological polar surface area (TPSA) is 37.8 Å². The standard InChI is InChI=1S/C9H11N3S2/c1-7-9(14-12-11-7)6-10-5-8-3-2-4-13-8/h2-4,10H,5-6H2,1H3. The first-order valence-electron chi connectivity index (χ1n) is 4.37. The number of aryl methyl sites for hydroxylation is 1. The van der Waals surface area contributed by atoms with Crippen molar-refractivity contribution in [1.82, 2.24) is 14.9 Å². The number of nitrogens with one attached hydrogen (secondary N) is 1. The highest BCUT2D eigenvalue weighted by Crippen LogP contribution is 2.10. The molecule has 0 atom stereocenters. The van der Waals surface area contributed by atoms with Gasteiger partial charge >= 0.3 is 0 Å². The molecule has 2 aromatic heterocycles. The number of hydrogen-bond acceptors (Lipinski definition) is 5. The minimum absolute atomic E-state index is 0.862. The minimum atomic E-state index is 0.862. The molecule has 74 valence electrons. The van der Waals surface area contributed by atoms with Gasteiger partial charge in [0, 0.05) is 18.0 Å². The van der Waals surface area contributed by atoms with Crippen LogP contribution in [0.5, 0.6) is 0 Å². The molecule has 5 heteroatoms. The van der Waals surface area contributed by atoms with Crippen LogP contribution in [0.4, 0.5) is 0 Å². The number of rotatable bonds is 4. The Morgan fingerprint density at radius 1 is 1.43 bits per heavy atom. The van der Waals surface area contributed by atoms with Crippen molar-refractivity contribution in [1.29, 1.82) is 0 Å². The van der Waals surface area contributed by atoms with Crippen molar-refractivity contribution >= 4 is 22.9 Å². The summed E-state index contributed by atoms with van der Waals surface area (Å²) in [6.45, 7) is 3.78. The second-order valence-electron chi connectivity index (χ2n) is 2.96. The molecule has 0 fully saturated rings. The second kappa shape index (κ2) is 4.63. The quantitative estimate of drug-likeness (QED) is 0.867. The molecule has 2 rings (SSSR count). The van der Waals surface area contributed by atoms with Crippen LogP contribution in [0.15, 0.2) is 17.5 Å². The van der Waals surface area contributed by atoms with E-state index in [1.807, 2.05) is 6.92 Å². The van der Waals surface area contributed by atoms with E-state index in [0.29, 0.717) is 0 Å². The predicted molar refractivity (Wildman–Crippen MR) is 59.5 cm³/mol. The van der Waals surface area contributed by atoms with Crippen LogP contribution in [-0.4, -0.2) is 9.59 Å². The summed E-state index contributed by atoms with van der Waals surface area (Å²) in [5.74, 6) is 0. The predicted octanol–water partition coefficient (Wildman–Crippen LogP) is 2.20. The molecule has 2 aromatic rings. The first-order chi connectivity index (χ1) is 6.86. The molecule has 0 aliphatic heterocycles. The van der Waals surface area contributed by atoms with Crippen molar-refractivity contribution in [3.63, 3.8) is 0 Å². The van der Waals surface area contributed by atoms with E-state index in [1.54, 1.807) is 11.3 Å². The van der Waals surface area contributed by atoms with Crippen LogP contribution >= 0.6 is 22.9 Å². The van der Waals surface area contributed by atoms with Crippen LogP contribution in [0, 0.1) is 6.92 Å². The molecule has 0 aliphatic rings. The Balaban J connectivity index is 1.81. The Morgan fingerprint density at radius 3 is 3.00 bits per heavy atom. The fourth-order valence-electron chi connectivity index (χ4n) is 1.13. The van der Waals surface area contributed by atoms with Gasteiger partial charge in [0.1, 0.15) is 0 Å². The van der Waals surface area contributed by atoms with E-state index in [-0.39, 0.29) is 0 Å². The van der Waals surface area contributed by atoms with E-state index >= 15 is 0 Å². The smallest absolute Gasteiger partial charge is 0.0769 e. The molecular formula is C9H11N3S2. The third-order valence-corrected chi connectivity index (χ3v) is 3.61. The molecule has 14 heavy (non-hydrogen) atoms. The maximum atomic E-state index is 3.96. The van der Waals surface area contributed by atoms with E-state index in [4.69, 9.17) is 0 Å². The molecule has 3 nitrogen and oxygen atoms in total. The molecule has 0 unspecified atom stereocenters. The Kier molecular flexibility index (Phi) is 3.23. The normalized spacial score (nSPS) is 10.6. The van der Waals surface area contributed by atoms with Crippen molar-refractivity contribution in [2.24, 2.45) is 0 Å². The van der Waals surface area contributed by atoms with Gasteiger partial charge in [-0.15, -0.1) is 16.4 Å². The van der Waals surface area contributed by atoms with Gasteiger partial charge < -0.3 is 5.32 Å². The summed E-state index contributed by atoms with van der Waals surface area (Å²) < 4.78 is 3.89. The molecule has 0 radical (unpaired) electrons. The first-order valence-corrected chi connectivity index (χ1v) is 6.02. The molecule has 2 heterocycles. The summed E-state index contributed by atoms with van der Waals surface area (Å²) in [5.41, 5.74) is 1.04. The Hall–Kier alpha value is -0.780. The SMILES string of the molecule is Cc1nnsc1CNCc1cccs1. The van der Waals surface area contributed by atoms with Gasteiger partial charge in [0.2, 0.25) is 0 Å². The lowest BCUT2D eigenvalue weighted by Crippen LogP contribution is -2.11. The zero-order valence-corrected chi connectivity index (χ0v) is 9.49. The highest BCUT2D eigenvalue weighted by molar-refractivity contribution is 7.09. The van der Waals surface area contributed by atoms with Gasteiger partial charge in [0.05, 0.1) is 10.6 Å².